The number of nitrogens with zero attached hydrogens (tertiary/aromatic N) is 1. The van der Waals surface area contributed by atoms with Crippen LogP contribution in [0.4, 0.5) is 0 Å². The number of ketones is 1. The molecule has 5 nitrogen and oxygen atoms in total. The molecule has 7 heteroatoms. The number of fused-ring (bicyclic) bond motifs is 1. The fourth-order valence-electron chi connectivity index (χ4n) is 4.22. The van der Waals surface area contributed by atoms with E-state index in [1.54, 1.807) is 0 Å². The van der Waals surface area contributed by atoms with E-state index in [9.17, 15) is 14.7 Å². The third-order valence-electron chi connectivity index (χ3n) is 5.38. The van der Waals surface area contributed by atoms with Crippen molar-refractivity contribution in [1.29, 1.82) is 0 Å². The van der Waals surface area contributed by atoms with Gasteiger partial charge in [0, 0.05) is 16.4 Å². The standard InChI is InChI=1S/C19H19BrClNO4/c20-11-3-1-2-10(8-11)16-15-17(24)13-9-12(21)4-5-14(13)26-18(15)19(25)22(16)6-7-23/h1-3,8,12-14,16,23H,4-7,9H2. The maximum Gasteiger partial charge on any atom is 0.290 e. The number of amides is 1. The Morgan fingerprint density at radius 2 is 2.12 bits per heavy atom. The summed E-state index contributed by atoms with van der Waals surface area (Å²) in [7, 11) is 0. The molecule has 1 fully saturated rings. The maximum absolute atomic E-state index is 13.3. The predicted molar refractivity (Wildman–Crippen MR) is 99.6 cm³/mol. The molecule has 1 N–H and O–H groups in total. The van der Waals surface area contributed by atoms with E-state index in [-0.39, 0.29) is 48.0 Å². The molecule has 2 aliphatic heterocycles. The maximum atomic E-state index is 13.3. The van der Waals surface area contributed by atoms with Crippen LogP contribution in [0.5, 0.6) is 0 Å². The molecule has 1 amide bonds. The first-order valence-corrected chi connectivity index (χ1v) is 10.0. The molecule has 0 spiro atoms. The Labute approximate surface area is 165 Å². The number of benzene rings is 1. The van der Waals surface area contributed by atoms with E-state index in [0.717, 1.165) is 16.5 Å². The van der Waals surface area contributed by atoms with E-state index in [1.807, 2.05) is 24.3 Å². The van der Waals surface area contributed by atoms with Crippen molar-refractivity contribution >= 4 is 39.2 Å². The van der Waals surface area contributed by atoms with Gasteiger partial charge in [-0.25, -0.2) is 0 Å². The number of hydrogen-bond acceptors (Lipinski definition) is 4. The third kappa shape index (κ3) is 2.88. The van der Waals surface area contributed by atoms with Gasteiger partial charge in [-0.15, -0.1) is 11.6 Å². The van der Waals surface area contributed by atoms with Gasteiger partial charge in [-0.1, -0.05) is 28.1 Å². The number of ether oxygens (including phenoxy) is 1. The average Bonchev–Trinajstić information content (AvgIpc) is 2.89. The summed E-state index contributed by atoms with van der Waals surface area (Å²) in [5, 5.41) is 9.40. The van der Waals surface area contributed by atoms with E-state index < -0.39 is 6.04 Å². The lowest BCUT2D eigenvalue weighted by atomic mass is 9.77. The highest BCUT2D eigenvalue weighted by Crippen LogP contribution is 2.47. The molecule has 2 heterocycles. The first kappa shape index (κ1) is 18.0. The Morgan fingerprint density at radius 1 is 1.31 bits per heavy atom. The van der Waals surface area contributed by atoms with Crippen LogP contribution in [-0.4, -0.2) is 46.3 Å². The summed E-state index contributed by atoms with van der Waals surface area (Å²) in [4.78, 5) is 27.8. The molecular formula is C19H19BrClNO4. The number of β-amino-alcohol motifs (C(OH)–C–C–N with tert-alkyl or cyclic N) is 1. The number of aliphatic hydroxyl groups excluding tert-OH is 1. The summed E-state index contributed by atoms with van der Waals surface area (Å²) in [5.41, 5.74) is 1.23. The lowest BCUT2D eigenvalue weighted by Gasteiger charge is -2.37. The van der Waals surface area contributed by atoms with Gasteiger partial charge in [0.15, 0.2) is 11.5 Å². The first-order valence-electron chi connectivity index (χ1n) is 8.77. The minimum atomic E-state index is -0.536. The van der Waals surface area contributed by atoms with Crippen LogP contribution in [-0.2, 0) is 14.3 Å². The zero-order valence-electron chi connectivity index (χ0n) is 14.0. The Kier molecular flexibility index (Phi) is 4.84. The van der Waals surface area contributed by atoms with Crippen LogP contribution in [0.15, 0.2) is 40.1 Å². The number of aliphatic hydroxyl groups is 1. The predicted octanol–water partition coefficient (Wildman–Crippen LogP) is 2.95. The van der Waals surface area contributed by atoms with Gasteiger partial charge in [0.25, 0.3) is 5.91 Å². The summed E-state index contributed by atoms with van der Waals surface area (Å²) in [6.07, 6.45) is 1.75. The quantitative estimate of drug-likeness (QED) is 0.734. The zero-order valence-corrected chi connectivity index (χ0v) is 16.4. The van der Waals surface area contributed by atoms with E-state index in [2.05, 4.69) is 15.9 Å². The molecule has 1 saturated carbocycles. The van der Waals surface area contributed by atoms with Gasteiger partial charge >= 0.3 is 0 Å². The van der Waals surface area contributed by atoms with Crippen LogP contribution in [0.25, 0.3) is 0 Å². The fraction of sp³-hybridized carbons (Fsp3) is 0.474. The van der Waals surface area contributed by atoms with Crippen molar-refractivity contribution in [1.82, 2.24) is 4.90 Å². The summed E-state index contributed by atoms with van der Waals surface area (Å²) in [6, 6.07) is 6.99. The summed E-state index contributed by atoms with van der Waals surface area (Å²) >= 11 is 9.73. The number of carbonyl (C=O) groups excluding carboxylic acids is 2. The van der Waals surface area contributed by atoms with Crippen molar-refractivity contribution in [2.24, 2.45) is 5.92 Å². The van der Waals surface area contributed by atoms with Crippen LogP contribution in [0.3, 0.4) is 0 Å². The first-order chi connectivity index (χ1) is 12.5. The SMILES string of the molecule is O=C1C2=C(OC3CCC(Cl)CC13)C(=O)N(CCO)C2c1cccc(Br)c1. The molecule has 1 aromatic rings. The highest BCUT2D eigenvalue weighted by molar-refractivity contribution is 9.10. The molecule has 1 aliphatic carbocycles. The topological polar surface area (TPSA) is 66.8 Å². The molecule has 3 aliphatic rings. The van der Waals surface area contributed by atoms with Crippen LogP contribution in [0.1, 0.15) is 30.9 Å². The van der Waals surface area contributed by atoms with Crippen LogP contribution >= 0.6 is 27.5 Å². The van der Waals surface area contributed by atoms with E-state index in [0.29, 0.717) is 18.4 Å². The number of hydrogen-bond donors (Lipinski definition) is 1. The second-order valence-corrected chi connectivity index (χ2v) is 8.49. The van der Waals surface area contributed by atoms with Gasteiger partial charge in [0.05, 0.1) is 24.1 Å². The Morgan fingerprint density at radius 3 is 2.85 bits per heavy atom. The largest absolute Gasteiger partial charge is 0.483 e. The van der Waals surface area contributed by atoms with Crippen molar-refractivity contribution in [3.63, 3.8) is 0 Å². The molecule has 0 saturated heterocycles. The third-order valence-corrected chi connectivity index (χ3v) is 6.27. The Hall–Kier alpha value is -1.37. The number of Topliss-reactive ketones (excluding diaryl/α,β-unsaturated/α-hetero) is 1. The van der Waals surface area contributed by atoms with Crippen LogP contribution in [0, 0.1) is 5.92 Å². The Balaban J connectivity index is 1.79. The van der Waals surface area contributed by atoms with Crippen molar-refractivity contribution in [2.75, 3.05) is 13.2 Å². The summed E-state index contributed by atoms with van der Waals surface area (Å²) < 4.78 is 6.88. The minimum Gasteiger partial charge on any atom is -0.483 e. The van der Waals surface area contributed by atoms with Gasteiger partial charge < -0.3 is 14.7 Å². The van der Waals surface area contributed by atoms with Crippen molar-refractivity contribution in [3.8, 4) is 0 Å². The normalized spacial score (nSPS) is 31.0. The molecule has 0 bridgehead atoms. The van der Waals surface area contributed by atoms with Crippen LogP contribution < -0.4 is 0 Å². The monoisotopic (exact) mass is 439 g/mol. The average molecular weight is 441 g/mol. The summed E-state index contributed by atoms with van der Waals surface area (Å²) in [5.74, 6) is -0.511. The number of alkyl halides is 1. The molecular weight excluding hydrogens is 422 g/mol. The number of rotatable bonds is 3. The highest BCUT2D eigenvalue weighted by atomic mass is 79.9. The molecule has 26 heavy (non-hydrogen) atoms. The molecule has 4 unspecified atom stereocenters. The van der Waals surface area contributed by atoms with E-state index >= 15 is 0 Å². The molecule has 0 radical (unpaired) electrons. The Bertz CT molecular complexity index is 795. The van der Waals surface area contributed by atoms with Gasteiger partial charge in [-0.3, -0.25) is 9.59 Å². The van der Waals surface area contributed by atoms with Crippen molar-refractivity contribution < 1.29 is 19.4 Å². The van der Waals surface area contributed by atoms with Gasteiger partial charge in [-0.05, 0) is 37.0 Å². The minimum absolute atomic E-state index is 0.0408. The smallest absolute Gasteiger partial charge is 0.290 e. The van der Waals surface area contributed by atoms with Crippen molar-refractivity contribution in [3.05, 3.63) is 45.6 Å². The van der Waals surface area contributed by atoms with Crippen LogP contribution in [0.2, 0.25) is 0 Å². The fourth-order valence-corrected chi connectivity index (χ4v) is 4.96. The lowest BCUT2D eigenvalue weighted by molar-refractivity contribution is -0.135. The zero-order chi connectivity index (χ0) is 18.4. The molecule has 1 aromatic carbocycles. The summed E-state index contributed by atoms with van der Waals surface area (Å²) in [6.45, 7) is -0.0330. The lowest BCUT2D eigenvalue weighted by Crippen LogP contribution is -2.41. The second kappa shape index (κ2) is 6.98. The van der Waals surface area contributed by atoms with Crippen molar-refractivity contribution in [2.45, 2.75) is 36.8 Å². The highest BCUT2D eigenvalue weighted by Gasteiger charge is 2.52. The molecule has 0 aromatic heterocycles. The molecule has 4 atom stereocenters. The molecule has 4 rings (SSSR count). The number of halogens is 2. The molecule has 138 valence electrons. The van der Waals surface area contributed by atoms with Gasteiger partial charge in [-0.2, -0.15) is 0 Å². The van der Waals surface area contributed by atoms with Gasteiger partial charge in [0.2, 0.25) is 0 Å². The van der Waals surface area contributed by atoms with E-state index in [4.69, 9.17) is 16.3 Å². The van der Waals surface area contributed by atoms with Gasteiger partial charge in [0.1, 0.15) is 6.10 Å². The van der Waals surface area contributed by atoms with E-state index in [1.165, 1.54) is 4.90 Å². The number of carbonyl (C=O) groups is 2. The second-order valence-electron chi connectivity index (χ2n) is 6.96.